The number of rotatable bonds is 4. The third-order valence-corrected chi connectivity index (χ3v) is 5.29. The number of ether oxygens (including phenoxy) is 2. The van der Waals surface area contributed by atoms with Gasteiger partial charge in [-0.3, -0.25) is 4.90 Å². The van der Waals surface area contributed by atoms with E-state index in [0.29, 0.717) is 12.6 Å². The highest BCUT2D eigenvalue weighted by Gasteiger charge is 2.38. The normalized spacial score (nSPS) is 23.4. The molecule has 1 saturated heterocycles. The fourth-order valence-electron chi connectivity index (χ4n) is 4.06. The average Bonchev–Trinajstić information content (AvgIpc) is 2.66. The highest BCUT2D eigenvalue weighted by atomic mass is 16.5. The molecule has 126 valence electrons. The lowest BCUT2D eigenvalue weighted by Crippen LogP contribution is -2.49. The molecule has 2 atom stereocenters. The second-order valence-electron chi connectivity index (χ2n) is 6.63. The van der Waals surface area contributed by atoms with E-state index in [1.165, 1.54) is 23.1 Å². The summed E-state index contributed by atoms with van der Waals surface area (Å²) in [4.78, 5) is 2.56. The molecule has 0 radical (unpaired) electrons. The zero-order valence-electron chi connectivity index (χ0n) is 14.3. The van der Waals surface area contributed by atoms with Gasteiger partial charge in [0.2, 0.25) is 0 Å². The molecule has 24 heavy (non-hydrogen) atoms. The highest BCUT2D eigenvalue weighted by molar-refractivity contribution is 5.45. The highest BCUT2D eigenvalue weighted by Crippen LogP contribution is 2.42. The number of hydrogen-bond donors (Lipinski definition) is 0. The van der Waals surface area contributed by atoms with Gasteiger partial charge in [0.1, 0.15) is 18.5 Å². The molecule has 0 unspecified atom stereocenters. The number of benzene rings is 2. The Morgan fingerprint density at radius 2 is 2.00 bits per heavy atom. The number of hydrogen-bond acceptors (Lipinski definition) is 3. The maximum atomic E-state index is 6.21. The molecule has 1 heterocycles. The van der Waals surface area contributed by atoms with Crippen LogP contribution in [-0.4, -0.2) is 30.6 Å². The van der Waals surface area contributed by atoms with Gasteiger partial charge in [-0.1, -0.05) is 49.4 Å². The van der Waals surface area contributed by atoms with Gasteiger partial charge in [0.05, 0.1) is 6.61 Å². The Labute approximate surface area is 144 Å². The summed E-state index contributed by atoms with van der Waals surface area (Å²) in [7, 11) is 0. The van der Waals surface area contributed by atoms with Crippen molar-refractivity contribution >= 4 is 0 Å². The summed E-state index contributed by atoms with van der Waals surface area (Å²) < 4.78 is 12.4. The molecular formula is C21H25NO2. The summed E-state index contributed by atoms with van der Waals surface area (Å²) in [5, 5.41) is 0. The van der Waals surface area contributed by atoms with Crippen molar-refractivity contribution in [3.8, 4) is 5.75 Å². The molecule has 2 aliphatic rings. The first-order valence-corrected chi connectivity index (χ1v) is 9.01. The van der Waals surface area contributed by atoms with Crippen molar-refractivity contribution in [2.45, 2.75) is 38.5 Å². The molecule has 2 aromatic carbocycles. The summed E-state index contributed by atoms with van der Waals surface area (Å²) in [5.41, 5.74) is 3.87. The van der Waals surface area contributed by atoms with E-state index in [1.54, 1.807) is 0 Å². The van der Waals surface area contributed by atoms with Crippen LogP contribution in [-0.2, 0) is 17.8 Å². The van der Waals surface area contributed by atoms with E-state index in [0.717, 1.165) is 31.9 Å². The van der Waals surface area contributed by atoms with Crippen molar-refractivity contribution < 1.29 is 9.47 Å². The molecule has 0 N–H and O–H groups in total. The Balaban J connectivity index is 1.61. The Bertz CT molecular complexity index is 685. The minimum Gasteiger partial charge on any atom is -0.489 e. The standard InChI is InChI=1S/C21H25NO2/c1-2-22-13-14-23-21-18(22)12-11-17-9-6-10-19(20(17)21)24-15-16-7-4-3-5-8-16/h3-10,18,21H,2,11-15H2,1H3/t18-,21+/m1/s1. The van der Waals surface area contributed by atoms with Crippen LogP contribution in [0.25, 0.3) is 0 Å². The number of nitrogens with zero attached hydrogens (tertiary/aromatic N) is 1. The molecule has 0 saturated carbocycles. The van der Waals surface area contributed by atoms with E-state index in [2.05, 4.69) is 54.3 Å². The summed E-state index contributed by atoms with van der Waals surface area (Å²) in [6.07, 6.45) is 2.43. The summed E-state index contributed by atoms with van der Waals surface area (Å²) in [6, 6.07) is 17.3. The summed E-state index contributed by atoms with van der Waals surface area (Å²) in [6.45, 7) is 5.79. The van der Waals surface area contributed by atoms with Gasteiger partial charge in [-0.05, 0) is 36.6 Å². The van der Waals surface area contributed by atoms with Crippen LogP contribution in [0.5, 0.6) is 5.75 Å². The van der Waals surface area contributed by atoms with E-state index < -0.39 is 0 Å². The lowest BCUT2D eigenvalue weighted by molar-refractivity contribution is -0.0794. The van der Waals surface area contributed by atoms with Gasteiger partial charge in [-0.2, -0.15) is 0 Å². The van der Waals surface area contributed by atoms with Gasteiger partial charge in [-0.15, -0.1) is 0 Å². The van der Waals surface area contributed by atoms with Crippen LogP contribution in [0.1, 0.15) is 36.1 Å². The summed E-state index contributed by atoms with van der Waals surface area (Å²) in [5.74, 6) is 0.990. The molecule has 1 fully saturated rings. The molecular weight excluding hydrogens is 298 g/mol. The van der Waals surface area contributed by atoms with Gasteiger partial charge in [-0.25, -0.2) is 0 Å². The number of aryl methyl sites for hydroxylation is 1. The van der Waals surface area contributed by atoms with Crippen molar-refractivity contribution in [2.24, 2.45) is 0 Å². The second-order valence-corrected chi connectivity index (χ2v) is 6.63. The van der Waals surface area contributed by atoms with Crippen molar-refractivity contribution in [1.29, 1.82) is 0 Å². The van der Waals surface area contributed by atoms with Crippen molar-refractivity contribution in [3.05, 3.63) is 65.2 Å². The molecule has 1 aliphatic heterocycles. The van der Waals surface area contributed by atoms with Gasteiger partial charge in [0.15, 0.2) is 0 Å². The monoisotopic (exact) mass is 323 g/mol. The second kappa shape index (κ2) is 6.96. The van der Waals surface area contributed by atoms with Gasteiger partial charge >= 0.3 is 0 Å². The molecule has 1 aliphatic carbocycles. The van der Waals surface area contributed by atoms with Crippen molar-refractivity contribution in [3.63, 3.8) is 0 Å². The Morgan fingerprint density at radius 3 is 2.83 bits per heavy atom. The molecule has 3 heteroatoms. The Kier molecular flexibility index (Phi) is 4.54. The van der Waals surface area contributed by atoms with Crippen LogP contribution < -0.4 is 4.74 Å². The van der Waals surface area contributed by atoms with Crippen LogP contribution in [0.4, 0.5) is 0 Å². The fraction of sp³-hybridized carbons (Fsp3) is 0.429. The smallest absolute Gasteiger partial charge is 0.125 e. The molecule has 0 aromatic heterocycles. The first-order valence-electron chi connectivity index (χ1n) is 9.01. The first kappa shape index (κ1) is 15.7. The predicted octanol–water partition coefficient (Wildman–Crippen LogP) is 3.97. The Morgan fingerprint density at radius 1 is 1.12 bits per heavy atom. The zero-order chi connectivity index (χ0) is 16.4. The quantitative estimate of drug-likeness (QED) is 0.850. The van der Waals surface area contributed by atoms with Crippen LogP contribution in [0.2, 0.25) is 0 Å². The molecule has 0 amide bonds. The van der Waals surface area contributed by atoms with Crippen LogP contribution in [0.3, 0.4) is 0 Å². The Hall–Kier alpha value is -1.84. The van der Waals surface area contributed by atoms with Crippen LogP contribution in [0.15, 0.2) is 48.5 Å². The lowest BCUT2D eigenvalue weighted by atomic mass is 9.83. The van der Waals surface area contributed by atoms with Crippen LogP contribution in [0, 0.1) is 0 Å². The van der Waals surface area contributed by atoms with Crippen molar-refractivity contribution in [1.82, 2.24) is 4.90 Å². The minimum atomic E-state index is 0.148. The summed E-state index contributed by atoms with van der Waals surface area (Å²) >= 11 is 0. The third kappa shape index (κ3) is 2.94. The van der Waals surface area contributed by atoms with E-state index in [1.807, 2.05) is 6.07 Å². The van der Waals surface area contributed by atoms with Crippen molar-refractivity contribution in [2.75, 3.05) is 19.7 Å². The van der Waals surface area contributed by atoms with Gasteiger partial charge in [0.25, 0.3) is 0 Å². The van der Waals surface area contributed by atoms with Crippen LogP contribution >= 0.6 is 0 Å². The average molecular weight is 323 g/mol. The molecule has 0 spiro atoms. The minimum absolute atomic E-state index is 0.148. The number of morpholine rings is 1. The topological polar surface area (TPSA) is 21.7 Å². The zero-order valence-corrected chi connectivity index (χ0v) is 14.3. The van der Waals surface area contributed by atoms with Gasteiger partial charge < -0.3 is 9.47 Å². The number of likely N-dealkylation sites (N-methyl/N-ethyl adjacent to an activating group) is 1. The molecule has 0 bridgehead atoms. The maximum absolute atomic E-state index is 6.21. The maximum Gasteiger partial charge on any atom is 0.125 e. The number of fused-ring (bicyclic) bond motifs is 3. The van der Waals surface area contributed by atoms with E-state index in [9.17, 15) is 0 Å². The third-order valence-electron chi connectivity index (χ3n) is 5.29. The van der Waals surface area contributed by atoms with Gasteiger partial charge in [0, 0.05) is 18.2 Å². The van der Waals surface area contributed by atoms with E-state index in [4.69, 9.17) is 9.47 Å². The predicted molar refractivity (Wildman–Crippen MR) is 95.3 cm³/mol. The molecule has 2 aromatic rings. The lowest BCUT2D eigenvalue weighted by Gasteiger charge is -2.44. The largest absolute Gasteiger partial charge is 0.489 e. The fourth-order valence-corrected chi connectivity index (χ4v) is 4.06. The van der Waals surface area contributed by atoms with E-state index >= 15 is 0 Å². The first-order chi connectivity index (χ1) is 11.9. The molecule has 4 rings (SSSR count). The molecule has 3 nitrogen and oxygen atoms in total. The van der Waals surface area contributed by atoms with E-state index in [-0.39, 0.29) is 6.10 Å². The SMILES string of the molecule is CCN1CCO[C@@H]2c3c(cccc3OCc3ccccc3)CC[C@H]21.